The lowest BCUT2D eigenvalue weighted by Gasteiger charge is -2.19. The van der Waals surface area contributed by atoms with Gasteiger partial charge >= 0.3 is 0 Å². The van der Waals surface area contributed by atoms with Crippen LogP contribution in [0, 0.1) is 0 Å². The molecule has 2 aromatic rings. The Labute approximate surface area is 94.6 Å². The standard InChI is InChI=1S/C9H11BrN4O/c1-9(2,3)14-7-5(4-11-14)12-6(10)8(15)13-7/h4H,1-3H3,(H,13,15). The molecule has 0 saturated carbocycles. The van der Waals surface area contributed by atoms with Crippen molar-refractivity contribution in [2.75, 3.05) is 0 Å². The first kappa shape index (κ1) is 10.4. The molecule has 2 heterocycles. The Kier molecular flexibility index (Phi) is 2.18. The summed E-state index contributed by atoms with van der Waals surface area (Å²) in [5, 5.41) is 4.21. The molecular formula is C9H11BrN4O. The van der Waals surface area contributed by atoms with Crippen LogP contribution in [0.25, 0.3) is 11.2 Å². The van der Waals surface area contributed by atoms with Gasteiger partial charge in [-0.1, -0.05) is 0 Å². The Hall–Kier alpha value is -1.17. The smallest absolute Gasteiger partial charge is 0.282 e. The minimum atomic E-state index is -0.242. The number of hydrogen-bond acceptors (Lipinski definition) is 3. The molecule has 0 saturated heterocycles. The molecule has 1 N–H and O–H groups in total. The third kappa shape index (κ3) is 1.69. The second kappa shape index (κ2) is 3.16. The number of rotatable bonds is 0. The van der Waals surface area contributed by atoms with Crippen LogP contribution in [0.15, 0.2) is 15.6 Å². The molecule has 0 aliphatic heterocycles. The molecule has 0 aliphatic rings. The molecule has 2 aromatic heterocycles. The SMILES string of the molecule is CC(C)(C)n1ncc2nc(Br)c(=O)[nH]c21. The van der Waals surface area contributed by atoms with Crippen molar-refractivity contribution < 1.29 is 0 Å². The molecule has 5 nitrogen and oxygen atoms in total. The first-order valence-electron chi connectivity index (χ1n) is 4.53. The van der Waals surface area contributed by atoms with E-state index in [0.717, 1.165) is 0 Å². The Morgan fingerprint density at radius 2 is 2.13 bits per heavy atom. The van der Waals surface area contributed by atoms with Crippen molar-refractivity contribution >= 4 is 27.1 Å². The second-order valence-electron chi connectivity index (χ2n) is 4.32. The molecule has 0 radical (unpaired) electrons. The number of nitrogens with zero attached hydrogens (tertiary/aromatic N) is 3. The Morgan fingerprint density at radius 3 is 2.73 bits per heavy atom. The van der Waals surface area contributed by atoms with Gasteiger partial charge in [-0.15, -0.1) is 0 Å². The van der Waals surface area contributed by atoms with E-state index in [1.807, 2.05) is 20.8 Å². The first-order valence-corrected chi connectivity index (χ1v) is 5.33. The molecule has 0 aromatic carbocycles. The number of aromatic amines is 1. The van der Waals surface area contributed by atoms with Crippen molar-refractivity contribution in [2.45, 2.75) is 26.3 Å². The fourth-order valence-corrected chi connectivity index (χ4v) is 1.65. The Balaban J connectivity index is 2.81. The highest BCUT2D eigenvalue weighted by atomic mass is 79.9. The van der Waals surface area contributed by atoms with Crippen molar-refractivity contribution in [2.24, 2.45) is 0 Å². The van der Waals surface area contributed by atoms with Gasteiger partial charge in [-0.05, 0) is 36.7 Å². The molecule has 6 heteroatoms. The summed E-state index contributed by atoms with van der Waals surface area (Å²) in [7, 11) is 0. The molecule has 15 heavy (non-hydrogen) atoms. The number of nitrogens with one attached hydrogen (secondary N) is 1. The molecule has 80 valence electrons. The van der Waals surface area contributed by atoms with Crippen LogP contribution in [-0.2, 0) is 5.54 Å². The van der Waals surface area contributed by atoms with E-state index < -0.39 is 0 Å². The van der Waals surface area contributed by atoms with Gasteiger partial charge in [0.25, 0.3) is 5.56 Å². The zero-order chi connectivity index (χ0) is 11.2. The monoisotopic (exact) mass is 270 g/mol. The van der Waals surface area contributed by atoms with E-state index in [1.54, 1.807) is 10.9 Å². The van der Waals surface area contributed by atoms with Crippen LogP contribution >= 0.6 is 15.9 Å². The summed E-state index contributed by atoms with van der Waals surface area (Å²) in [5.74, 6) is 0. The fourth-order valence-electron chi connectivity index (χ4n) is 1.36. The van der Waals surface area contributed by atoms with Crippen molar-refractivity contribution in [3.05, 3.63) is 21.2 Å². The predicted molar refractivity (Wildman–Crippen MR) is 60.8 cm³/mol. The summed E-state index contributed by atoms with van der Waals surface area (Å²) in [6.07, 6.45) is 1.64. The lowest BCUT2D eigenvalue weighted by Crippen LogP contribution is -2.24. The van der Waals surface area contributed by atoms with Crippen LogP contribution in [0.4, 0.5) is 0 Å². The lowest BCUT2D eigenvalue weighted by molar-refractivity contribution is 0.365. The summed E-state index contributed by atoms with van der Waals surface area (Å²) in [4.78, 5) is 18.3. The van der Waals surface area contributed by atoms with Gasteiger partial charge < -0.3 is 4.98 Å². The van der Waals surface area contributed by atoms with E-state index in [2.05, 4.69) is 31.0 Å². The average molecular weight is 271 g/mol. The Bertz CT molecular complexity index is 563. The summed E-state index contributed by atoms with van der Waals surface area (Å²) in [5.41, 5.74) is 0.904. The third-order valence-electron chi connectivity index (χ3n) is 2.02. The van der Waals surface area contributed by atoms with E-state index >= 15 is 0 Å². The number of fused-ring (bicyclic) bond motifs is 1. The molecule has 0 fully saturated rings. The number of halogens is 1. The lowest BCUT2D eigenvalue weighted by atomic mass is 10.1. The first-order chi connectivity index (χ1) is 6.89. The summed E-state index contributed by atoms with van der Waals surface area (Å²) in [6.45, 7) is 6.04. The van der Waals surface area contributed by atoms with Gasteiger partial charge in [0.2, 0.25) is 0 Å². The largest absolute Gasteiger partial charge is 0.303 e. The van der Waals surface area contributed by atoms with Gasteiger partial charge in [0, 0.05) is 0 Å². The molecule has 0 bridgehead atoms. The summed E-state index contributed by atoms with van der Waals surface area (Å²) < 4.78 is 2.03. The molecule has 0 aliphatic carbocycles. The predicted octanol–water partition coefficient (Wildman–Crippen LogP) is 1.64. The number of H-pyrrole nitrogens is 1. The van der Waals surface area contributed by atoms with Crippen LogP contribution < -0.4 is 5.56 Å². The molecular weight excluding hydrogens is 260 g/mol. The van der Waals surface area contributed by atoms with Crippen LogP contribution in [-0.4, -0.2) is 19.7 Å². The fraction of sp³-hybridized carbons (Fsp3) is 0.444. The maximum atomic E-state index is 11.4. The molecule has 0 amide bonds. The van der Waals surface area contributed by atoms with Crippen LogP contribution in [0.3, 0.4) is 0 Å². The molecule has 0 spiro atoms. The van der Waals surface area contributed by atoms with E-state index in [0.29, 0.717) is 11.2 Å². The zero-order valence-corrected chi connectivity index (χ0v) is 10.3. The van der Waals surface area contributed by atoms with E-state index in [1.165, 1.54) is 0 Å². The van der Waals surface area contributed by atoms with Gasteiger partial charge in [-0.25, -0.2) is 9.67 Å². The van der Waals surface area contributed by atoms with Gasteiger partial charge in [0.15, 0.2) is 10.3 Å². The zero-order valence-electron chi connectivity index (χ0n) is 8.71. The Morgan fingerprint density at radius 1 is 1.47 bits per heavy atom. The molecule has 0 atom stereocenters. The normalized spacial score (nSPS) is 12.3. The average Bonchev–Trinajstić information content (AvgIpc) is 2.47. The summed E-state index contributed by atoms with van der Waals surface area (Å²) in [6, 6.07) is 0. The highest BCUT2D eigenvalue weighted by Gasteiger charge is 2.18. The molecule has 0 unspecified atom stereocenters. The van der Waals surface area contributed by atoms with Gasteiger partial charge in [0.1, 0.15) is 5.52 Å². The highest BCUT2D eigenvalue weighted by Crippen LogP contribution is 2.18. The van der Waals surface area contributed by atoms with Gasteiger partial charge in [-0.3, -0.25) is 4.79 Å². The van der Waals surface area contributed by atoms with E-state index in [-0.39, 0.29) is 15.7 Å². The summed E-state index contributed by atoms with van der Waals surface area (Å²) >= 11 is 3.08. The van der Waals surface area contributed by atoms with Gasteiger partial charge in [0.05, 0.1) is 11.7 Å². The topological polar surface area (TPSA) is 63.6 Å². The van der Waals surface area contributed by atoms with Crippen molar-refractivity contribution in [1.82, 2.24) is 19.7 Å². The number of hydrogen-bond donors (Lipinski definition) is 1. The van der Waals surface area contributed by atoms with E-state index in [9.17, 15) is 4.79 Å². The van der Waals surface area contributed by atoms with Crippen LogP contribution in [0.1, 0.15) is 20.8 Å². The molecule has 2 rings (SSSR count). The second-order valence-corrected chi connectivity index (χ2v) is 5.07. The van der Waals surface area contributed by atoms with Crippen LogP contribution in [0.2, 0.25) is 0 Å². The van der Waals surface area contributed by atoms with Crippen molar-refractivity contribution in [3.8, 4) is 0 Å². The highest BCUT2D eigenvalue weighted by molar-refractivity contribution is 9.10. The minimum absolute atomic E-state index is 0.180. The van der Waals surface area contributed by atoms with E-state index in [4.69, 9.17) is 0 Å². The number of aromatic nitrogens is 4. The third-order valence-corrected chi connectivity index (χ3v) is 2.56. The van der Waals surface area contributed by atoms with Crippen LogP contribution in [0.5, 0.6) is 0 Å². The quantitative estimate of drug-likeness (QED) is 0.792. The maximum Gasteiger partial charge on any atom is 0.282 e. The van der Waals surface area contributed by atoms with Gasteiger partial charge in [-0.2, -0.15) is 5.10 Å². The maximum absolute atomic E-state index is 11.4. The van der Waals surface area contributed by atoms with Crippen molar-refractivity contribution in [3.63, 3.8) is 0 Å². The minimum Gasteiger partial charge on any atom is -0.303 e. The van der Waals surface area contributed by atoms with Crippen molar-refractivity contribution in [1.29, 1.82) is 0 Å².